The van der Waals surface area contributed by atoms with Gasteiger partial charge in [-0.2, -0.15) is 0 Å². The first-order valence-electron chi connectivity index (χ1n) is 8.92. The van der Waals surface area contributed by atoms with Crippen molar-refractivity contribution in [2.24, 2.45) is 17.8 Å². The average Bonchev–Trinajstić information content (AvgIpc) is 2.87. The van der Waals surface area contributed by atoms with Gasteiger partial charge in [0.15, 0.2) is 0 Å². The van der Waals surface area contributed by atoms with Gasteiger partial charge in [0.2, 0.25) is 0 Å². The van der Waals surface area contributed by atoms with E-state index in [2.05, 4.69) is 13.8 Å². The van der Waals surface area contributed by atoms with Crippen molar-refractivity contribution in [1.82, 2.24) is 0 Å². The molecule has 0 bridgehead atoms. The van der Waals surface area contributed by atoms with Crippen molar-refractivity contribution in [2.75, 3.05) is 6.61 Å². The summed E-state index contributed by atoms with van der Waals surface area (Å²) in [5.41, 5.74) is -0.274. The van der Waals surface area contributed by atoms with Crippen LogP contribution in [0.4, 0.5) is 0 Å². The Bertz CT molecular complexity index is 332. The molecule has 20 heavy (non-hydrogen) atoms. The minimum absolute atomic E-state index is 0.137. The third-order valence-corrected chi connectivity index (χ3v) is 6.50. The monoisotopic (exact) mass is 280 g/mol. The molecule has 0 amide bonds. The van der Waals surface area contributed by atoms with Crippen molar-refractivity contribution in [1.29, 1.82) is 0 Å². The zero-order chi connectivity index (χ0) is 14.2. The predicted octanol–water partition coefficient (Wildman–Crippen LogP) is 4.30. The highest BCUT2D eigenvalue weighted by molar-refractivity contribution is 5.02. The van der Waals surface area contributed by atoms with Crippen LogP contribution in [0.5, 0.6) is 0 Å². The fraction of sp³-hybridized carbons (Fsp3) is 1.00. The maximum atomic E-state index is 11.5. The van der Waals surface area contributed by atoms with Gasteiger partial charge in [0.1, 0.15) is 0 Å². The zero-order valence-electron chi connectivity index (χ0n) is 13.4. The van der Waals surface area contributed by atoms with Crippen LogP contribution < -0.4 is 0 Å². The summed E-state index contributed by atoms with van der Waals surface area (Å²) < 4.78 is 6.18. The second-order valence-corrected chi connectivity index (χ2v) is 8.02. The van der Waals surface area contributed by atoms with Gasteiger partial charge < -0.3 is 9.84 Å². The molecule has 1 spiro atoms. The largest absolute Gasteiger partial charge is 0.389 e. The van der Waals surface area contributed by atoms with Gasteiger partial charge in [-0.25, -0.2) is 0 Å². The van der Waals surface area contributed by atoms with Crippen LogP contribution in [0, 0.1) is 17.8 Å². The molecule has 2 heteroatoms. The van der Waals surface area contributed by atoms with E-state index in [4.69, 9.17) is 4.74 Å². The van der Waals surface area contributed by atoms with Gasteiger partial charge in [0.25, 0.3) is 0 Å². The normalized spacial score (nSPS) is 41.4. The SMILES string of the molecule is CC(C)C1CCCCC1(O)C1CCOC2(CCCC2)C1. The summed E-state index contributed by atoms with van der Waals surface area (Å²) in [5.74, 6) is 1.57. The Hall–Kier alpha value is -0.0800. The number of hydrogen-bond donors (Lipinski definition) is 1. The van der Waals surface area contributed by atoms with Crippen molar-refractivity contribution in [3.63, 3.8) is 0 Å². The molecule has 1 aliphatic heterocycles. The topological polar surface area (TPSA) is 29.5 Å². The first-order chi connectivity index (χ1) is 9.56. The third kappa shape index (κ3) is 2.54. The number of aliphatic hydroxyl groups is 1. The molecule has 3 atom stereocenters. The zero-order valence-corrected chi connectivity index (χ0v) is 13.4. The molecule has 2 saturated carbocycles. The van der Waals surface area contributed by atoms with E-state index in [0.29, 0.717) is 17.8 Å². The highest BCUT2D eigenvalue weighted by Gasteiger charge is 2.51. The molecule has 116 valence electrons. The smallest absolute Gasteiger partial charge is 0.0708 e. The fourth-order valence-electron chi connectivity index (χ4n) is 5.45. The summed E-state index contributed by atoms with van der Waals surface area (Å²) >= 11 is 0. The molecule has 1 heterocycles. The van der Waals surface area contributed by atoms with Crippen LogP contribution in [-0.4, -0.2) is 22.9 Å². The van der Waals surface area contributed by atoms with Crippen LogP contribution in [-0.2, 0) is 4.74 Å². The predicted molar refractivity (Wildman–Crippen MR) is 81.6 cm³/mol. The highest BCUT2D eigenvalue weighted by atomic mass is 16.5. The lowest BCUT2D eigenvalue weighted by Crippen LogP contribution is -2.54. The van der Waals surface area contributed by atoms with E-state index in [9.17, 15) is 5.11 Å². The number of rotatable bonds is 2. The van der Waals surface area contributed by atoms with Gasteiger partial charge in [-0.1, -0.05) is 39.5 Å². The van der Waals surface area contributed by atoms with E-state index in [1.807, 2.05) is 0 Å². The Balaban J connectivity index is 1.78. The average molecular weight is 280 g/mol. The minimum Gasteiger partial charge on any atom is -0.389 e. The fourth-order valence-corrected chi connectivity index (χ4v) is 5.45. The molecule has 3 aliphatic rings. The quantitative estimate of drug-likeness (QED) is 0.817. The van der Waals surface area contributed by atoms with E-state index >= 15 is 0 Å². The van der Waals surface area contributed by atoms with Crippen molar-refractivity contribution >= 4 is 0 Å². The molecule has 3 unspecified atom stereocenters. The molecule has 0 aromatic rings. The number of hydrogen-bond acceptors (Lipinski definition) is 2. The standard InChI is InChI=1S/C18H32O2/c1-14(2)16-7-3-4-11-18(16,19)15-8-12-20-17(13-15)9-5-6-10-17/h14-16,19H,3-13H2,1-2H3. The summed E-state index contributed by atoms with van der Waals surface area (Å²) in [6.45, 7) is 5.47. The lowest BCUT2D eigenvalue weighted by molar-refractivity contribution is -0.174. The maximum Gasteiger partial charge on any atom is 0.0708 e. The van der Waals surface area contributed by atoms with E-state index in [-0.39, 0.29) is 5.60 Å². The minimum atomic E-state index is -0.411. The molecule has 1 saturated heterocycles. The Morgan fingerprint density at radius 3 is 2.40 bits per heavy atom. The van der Waals surface area contributed by atoms with E-state index in [1.54, 1.807) is 0 Å². The first-order valence-corrected chi connectivity index (χ1v) is 8.92. The van der Waals surface area contributed by atoms with Crippen LogP contribution >= 0.6 is 0 Å². The van der Waals surface area contributed by atoms with Gasteiger partial charge in [-0.3, -0.25) is 0 Å². The summed E-state index contributed by atoms with van der Waals surface area (Å²) in [6.07, 6.45) is 12.0. The van der Waals surface area contributed by atoms with Crippen molar-refractivity contribution in [3.05, 3.63) is 0 Å². The van der Waals surface area contributed by atoms with Crippen LogP contribution in [0.1, 0.15) is 78.1 Å². The highest BCUT2D eigenvalue weighted by Crippen LogP contribution is 2.51. The lowest BCUT2D eigenvalue weighted by atomic mass is 9.61. The second-order valence-electron chi connectivity index (χ2n) is 8.02. The van der Waals surface area contributed by atoms with Crippen molar-refractivity contribution in [3.8, 4) is 0 Å². The Morgan fingerprint density at radius 1 is 1.00 bits per heavy atom. The van der Waals surface area contributed by atoms with E-state index < -0.39 is 5.60 Å². The van der Waals surface area contributed by atoms with Gasteiger partial charge in [-0.05, 0) is 56.3 Å². The van der Waals surface area contributed by atoms with Crippen LogP contribution in [0.15, 0.2) is 0 Å². The molecule has 3 rings (SSSR count). The van der Waals surface area contributed by atoms with Crippen LogP contribution in [0.25, 0.3) is 0 Å². The molecule has 2 nitrogen and oxygen atoms in total. The maximum absolute atomic E-state index is 11.5. The molecule has 2 aliphatic carbocycles. The molecule has 0 aromatic carbocycles. The lowest BCUT2D eigenvalue weighted by Gasteiger charge is -2.51. The van der Waals surface area contributed by atoms with Crippen molar-refractivity contribution < 1.29 is 9.84 Å². The summed E-state index contributed by atoms with van der Waals surface area (Å²) in [4.78, 5) is 0. The van der Waals surface area contributed by atoms with Gasteiger partial charge in [0.05, 0.1) is 11.2 Å². The third-order valence-electron chi connectivity index (χ3n) is 6.50. The number of ether oxygens (including phenoxy) is 1. The van der Waals surface area contributed by atoms with Crippen molar-refractivity contribution in [2.45, 2.75) is 89.3 Å². The van der Waals surface area contributed by atoms with Gasteiger partial charge in [0, 0.05) is 6.61 Å². The Morgan fingerprint density at radius 2 is 1.70 bits per heavy atom. The molecule has 1 N–H and O–H groups in total. The molecule has 0 radical (unpaired) electrons. The Labute approximate surface area is 124 Å². The Kier molecular flexibility index (Phi) is 4.16. The summed E-state index contributed by atoms with van der Waals surface area (Å²) in [7, 11) is 0. The molecular formula is C18H32O2. The van der Waals surface area contributed by atoms with Gasteiger partial charge in [-0.15, -0.1) is 0 Å². The molecule has 3 fully saturated rings. The summed E-state index contributed by atoms with van der Waals surface area (Å²) in [6, 6.07) is 0. The van der Waals surface area contributed by atoms with E-state index in [1.165, 1.54) is 44.9 Å². The summed E-state index contributed by atoms with van der Waals surface area (Å²) in [5, 5.41) is 11.5. The second kappa shape index (κ2) is 5.61. The molecular weight excluding hydrogens is 248 g/mol. The van der Waals surface area contributed by atoms with E-state index in [0.717, 1.165) is 25.9 Å². The molecule has 0 aromatic heterocycles. The van der Waals surface area contributed by atoms with Crippen LogP contribution in [0.3, 0.4) is 0 Å². The first kappa shape index (κ1) is 14.8. The van der Waals surface area contributed by atoms with Gasteiger partial charge >= 0.3 is 0 Å². The van der Waals surface area contributed by atoms with Crippen LogP contribution in [0.2, 0.25) is 0 Å².